The van der Waals surface area contributed by atoms with Gasteiger partial charge in [-0.3, -0.25) is 19.2 Å². The van der Waals surface area contributed by atoms with Gasteiger partial charge in [-0.25, -0.2) is 0 Å². The molecule has 0 aliphatic heterocycles. The molecule has 0 saturated carbocycles. The van der Waals surface area contributed by atoms with Crippen molar-refractivity contribution in [2.24, 2.45) is 17.6 Å². The van der Waals surface area contributed by atoms with Crippen LogP contribution in [0.1, 0.15) is 42.1 Å². The summed E-state index contributed by atoms with van der Waals surface area (Å²) in [6.45, 7) is 2.78. The molecule has 0 fully saturated rings. The number of primary amides is 1. The van der Waals surface area contributed by atoms with Crippen LogP contribution in [0.25, 0.3) is 0 Å². The summed E-state index contributed by atoms with van der Waals surface area (Å²) in [5, 5.41) is 43.1. The van der Waals surface area contributed by atoms with Gasteiger partial charge in [-0.05, 0) is 17.5 Å². The Morgan fingerprint density at radius 2 is 1.84 bits per heavy atom. The van der Waals surface area contributed by atoms with Crippen LogP contribution >= 0.6 is 0 Å². The van der Waals surface area contributed by atoms with Gasteiger partial charge in [0.15, 0.2) is 11.4 Å². The van der Waals surface area contributed by atoms with Crippen molar-refractivity contribution < 1.29 is 44.3 Å². The number of carbonyl (C=O) groups is 4. The highest BCUT2D eigenvalue weighted by Crippen LogP contribution is 2.55. The monoisotopic (exact) mass is 443 g/mol. The van der Waals surface area contributed by atoms with Gasteiger partial charge < -0.3 is 30.9 Å². The van der Waals surface area contributed by atoms with Crippen LogP contribution in [-0.2, 0) is 19.1 Å². The number of esters is 1. The quantitative estimate of drug-likeness (QED) is 0.324. The van der Waals surface area contributed by atoms with Crippen molar-refractivity contribution in [1.82, 2.24) is 0 Å². The molecule has 1 amide bonds. The first-order valence-electron chi connectivity index (χ1n) is 9.89. The van der Waals surface area contributed by atoms with Crippen molar-refractivity contribution in [3.05, 3.63) is 52.0 Å². The van der Waals surface area contributed by atoms with E-state index in [0.29, 0.717) is 5.56 Å². The number of carbonyl (C=O) groups excluding carboxylic acids is 4. The number of aliphatic hydroxyl groups excluding tert-OH is 2. The summed E-state index contributed by atoms with van der Waals surface area (Å²) in [7, 11) is 0. The van der Waals surface area contributed by atoms with Crippen LogP contribution in [0.3, 0.4) is 0 Å². The van der Waals surface area contributed by atoms with Crippen molar-refractivity contribution in [2.75, 3.05) is 0 Å². The van der Waals surface area contributed by atoms with Crippen molar-refractivity contribution in [3.8, 4) is 5.75 Å². The first kappa shape index (κ1) is 21.6. The van der Waals surface area contributed by atoms with Crippen LogP contribution in [0.5, 0.6) is 5.75 Å². The van der Waals surface area contributed by atoms with Gasteiger partial charge in [0.1, 0.15) is 28.9 Å². The highest BCUT2D eigenvalue weighted by Gasteiger charge is 2.65. The van der Waals surface area contributed by atoms with E-state index >= 15 is 0 Å². The molecule has 3 aliphatic carbocycles. The number of hydrogen-bond acceptors (Lipinski definition) is 9. The van der Waals surface area contributed by atoms with E-state index in [4.69, 9.17) is 10.5 Å². The van der Waals surface area contributed by atoms with E-state index in [1.165, 1.54) is 12.1 Å². The van der Waals surface area contributed by atoms with Crippen LogP contribution in [0.2, 0.25) is 0 Å². The van der Waals surface area contributed by atoms with Crippen molar-refractivity contribution in [3.63, 3.8) is 0 Å². The number of ketones is 2. The Labute approximate surface area is 181 Å². The minimum atomic E-state index is -2.85. The third-order valence-corrected chi connectivity index (χ3v) is 6.64. The first-order chi connectivity index (χ1) is 14.9. The Morgan fingerprint density at radius 1 is 1.19 bits per heavy atom. The molecular weight excluding hydrogens is 422 g/mol. The lowest BCUT2D eigenvalue weighted by Crippen LogP contribution is -2.63. The summed E-state index contributed by atoms with van der Waals surface area (Å²) in [6, 6.07) is 4.42. The zero-order chi connectivity index (χ0) is 23.7. The van der Waals surface area contributed by atoms with Gasteiger partial charge in [-0.15, -0.1) is 0 Å². The van der Waals surface area contributed by atoms with Crippen molar-refractivity contribution in [1.29, 1.82) is 0 Å². The fraction of sp³-hybridized carbons (Fsp3) is 0.364. The molecule has 0 bridgehead atoms. The molecule has 0 aromatic heterocycles. The summed E-state index contributed by atoms with van der Waals surface area (Å²) in [5.74, 6) is -9.44. The molecule has 0 saturated heterocycles. The fourth-order valence-corrected chi connectivity index (χ4v) is 5.27. The third-order valence-electron chi connectivity index (χ3n) is 6.64. The standard InChI is InChI=1S/C22H21NO9/c1-7-9-4-3-5-11(25)14(9)17(27)16-13(7)18(32-8(2)24)10-6-12(26)15(21(23)30)19(28)22(10,31)20(16)29/h3-5,7,10,13,18,25-26,29,31H,6H2,1-2H3,(H2,23,30)/t7-,10+,13+,18+,22+/m0/s1. The van der Waals surface area contributed by atoms with E-state index in [0.717, 1.165) is 6.92 Å². The number of ether oxygens (including phenoxy) is 1. The van der Waals surface area contributed by atoms with Crippen LogP contribution in [0, 0.1) is 11.8 Å². The van der Waals surface area contributed by atoms with Gasteiger partial charge in [0.25, 0.3) is 5.91 Å². The summed E-state index contributed by atoms with van der Waals surface area (Å²) in [6.07, 6.45) is -1.83. The average molecular weight is 443 g/mol. The second-order valence-electron chi connectivity index (χ2n) is 8.31. The topological polar surface area (TPSA) is 184 Å². The normalized spacial score (nSPS) is 31.6. The van der Waals surface area contributed by atoms with Crippen LogP contribution in [-0.4, -0.2) is 55.6 Å². The molecule has 0 unspecified atom stereocenters. The molecule has 1 aromatic rings. The number of Topliss-reactive ketones (excluding diaryl/α,β-unsaturated/α-hetero) is 2. The van der Waals surface area contributed by atoms with E-state index in [1.807, 2.05) is 0 Å². The minimum Gasteiger partial charge on any atom is -0.511 e. The van der Waals surface area contributed by atoms with E-state index in [-0.39, 0.29) is 11.3 Å². The van der Waals surface area contributed by atoms with Gasteiger partial charge in [0.05, 0.1) is 5.56 Å². The molecular formula is C22H21NO9. The largest absolute Gasteiger partial charge is 0.511 e. The minimum absolute atomic E-state index is 0.113. The highest BCUT2D eigenvalue weighted by atomic mass is 16.5. The molecule has 0 radical (unpaired) electrons. The molecule has 10 nitrogen and oxygen atoms in total. The molecule has 0 spiro atoms. The summed E-state index contributed by atoms with van der Waals surface area (Å²) in [5.41, 5.74) is 1.34. The maximum atomic E-state index is 13.4. The van der Waals surface area contributed by atoms with Crippen molar-refractivity contribution >= 4 is 23.4 Å². The predicted octanol–water partition coefficient (Wildman–Crippen LogP) is 0.683. The number of allylic oxidation sites excluding steroid dienone is 1. The number of amides is 1. The first-order valence-corrected chi connectivity index (χ1v) is 9.89. The molecule has 32 heavy (non-hydrogen) atoms. The maximum Gasteiger partial charge on any atom is 0.302 e. The number of fused-ring (bicyclic) bond motifs is 3. The number of aliphatic hydroxyl groups is 3. The number of benzene rings is 1. The lowest BCUT2D eigenvalue weighted by atomic mass is 9.56. The van der Waals surface area contributed by atoms with Gasteiger partial charge >= 0.3 is 5.97 Å². The Hall–Kier alpha value is -3.66. The van der Waals surface area contributed by atoms with Gasteiger partial charge in [-0.1, -0.05) is 19.1 Å². The Morgan fingerprint density at radius 3 is 2.44 bits per heavy atom. The second-order valence-corrected chi connectivity index (χ2v) is 8.31. The van der Waals surface area contributed by atoms with E-state index < -0.39 is 82.0 Å². The third kappa shape index (κ3) is 2.62. The van der Waals surface area contributed by atoms with Gasteiger partial charge in [0.2, 0.25) is 5.78 Å². The van der Waals surface area contributed by atoms with Gasteiger partial charge in [-0.2, -0.15) is 0 Å². The molecule has 168 valence electrons. The van der Waals surface area contributed by atoms with E-state index in [2.05, 4.69) is 0 Å². The highest BCUT2D eigenvalue weighted by molar-refractivity contribution is 6.24. The smallest absolute Gasteiger partial charge is 0.302 e. The molecule has 0 heterocycles. The molecule has 1 aromatic carbocycles. The van der Waals surface area contributed by atoms with E-state index in [9.17, 15) is 39.6 Å². The summed E-state index contributed by atoms with van der Waals surface area (Å²) >= 11 is 0. The SMILES string of the molecule is CC(=O)O[C@H]1[C@H]2C(=C(O)[C@]3(O)C(=O)C(C(N)=O)=C(O)C[C@H]13)C(=O)c1c(O)cccc1[C@@H]2C. The Kier molecular flexibility index (Phi) is 4.67. The van der Waals surface area contributed by atoms with E-state index in [1.54, 1.807) is 13.0 Å². The maximum absolute atomic E-state index is 13.4. The Bertz CT molecular complexity index is 1160. The molecule has 6 N–H and O–H groups in total. The zero-order valence-corrected chi connectivity index (χ0v) is 17.2. The predicted molar refractivity (Wildman–Crippen MR) is 106 cm³/mol. The van der Waals surface area contributed by atoms with Crippen LogP contribution in [0.15, 0.2) is 40.9 Å². The number of phenols is 1. The van der Waals surface area contributed by atoms with Crippen molar-refractivity contribution in [2.45, 2.75) is 37.9 Å². The molecule has 3 aliphatic rings. The average Bonchev–Trinajstić information content (AvgIpc) is 2.70. The Balaban J connectivity index is 2.04. The number of nitrogens with two attached hydrogens (primary N) is 1. The van der Waals surface area contributed by atoms with Crippen LogP contribution in [0.4, 0.5) is 0 Å². The number of phenolic OH excluding ortho intramolecular Hbond substituents is 1. The molecule has 10 heteroatoms. The second kappa shape index (κ2) is 6.92. The molecule has 4 rings (SSSR count). The number of aromatic hydroxyl groups is 1. The fourth-order valence-electron chi connectivity index (χ4n) is 5.27. The number of rotatable bonds is 2. The number of hydrogen-bond donors (Lipinski definition) is 5. The van der Waals surface area contributed by atoms with Crippen LogP contribution < -0.4 is 5.73 Å². The lowest BCUT2D eigenvalue weighted by molar-refractivity contribution is -0.173. The zero-order valence-electron chi connectivity index (χ0n) is 17.2. The molecule has 5 atom stereocenters. The van der Waals surface area contributed by atoms with Gasteiger partial charge in [0, 0.05) is 30.8 Å². The summed E-state index contributed by atoms with van der Waals surface area (Å²) < 4.78 is 5.44. The lowest BCUT2D eigenvalue weighted by Gasteiger charge is -2.50. The summed E-state index contributed by atoms with van der Waals surface area (Å²) in [4.78, 5) is 50.1.